The largest absolute Gasteiger partial charge is 0.369 e. The molecule has 0 bridgehead atoms. The Morgan fingerprint density at radius 2 is 1.70 bits per heavy atom. The normalized spacial score (nSPS) is 20.0. The summed E-state index contributed by atoms with van der Waals surface area (Å²) in [4.78, 5) is 19.0. The highest BCUT2D eigenvalue weighted by Gasteiger charge is 2.30. The zero-order chi connectivity index (χ0) is 18.8. The Morgan fingerprint density at radius 3 is 2.41 bits per heavy atom. The van der Waals surface area contributed by atoms with E-state index >= 15 is 0 Å². The van der Waals surface area contributed by atoms with Gasteiger partial charge in [0.1, 0.15) is 0 Å². The van der Waals surface area contributed by atoms with E-state index in [1.807, 2.05) is 11.0 Å². The molecule has 2 aromatic carbocycles. The van der Waals surface area contributed by atoms with Crippen molar-refractivity contribution in [2.75, 3.05) is 49.1 Å². The number of benzene rings is 2. The number of carbonyl (C=O) groups is 1. The molecule has 0 saturated carbocycles. The summed E-state index contributed by atoms with van der Waals surface area (Å²) < 4.78 is 0. The van der Waals surface area contributed by atoms with Crippen molar-refractivity contribution in [2.24, 2.45) is 0 Å². The molecule has 1 amide bonds. The molecule has 0 aliphatic carbocycles. The molecule has 0 aromatic heterocycles. The minimum atomic E-state index is 0.150. The zero-order valence-electron chi connectivity index (χ0n) is 16.4. The molecule has 2 aliphatic heterocycles. The molecule has 1 unspecified atom stereocenters. The average Bonchev–Trinajstić information content (AvgIpc) is 3.07. The number of hydrogen-bond acceptors (Lipinski definition) is 3. The Hall–Kier alpha value is -2.33. The maximum atomic E-state index is 12.0. The molecule has 2 heterocycles. The SMILES string of the molecule is CC(=O)N1CC(CCN2CCN(c3ccc(C)cc3)CC2)c2ccccc21. The van der Waals surface area contributed by atoms with Gasteiger partial charge in [-0.15, -0.1) is 0 Å². The Bertz CT molecular complexity index is 794. The quantitative estimate of drug-likeness (QED) is 0.829. The molecule has 0 radical (unpaired) electrons. The molecule has 4 rings (SSSR count). The molecule has 1 atom stereocenters. The van der Waals surface area contributed by atoms with E-state index in [0.29, 0.717) is 5.92 Å². The number of anilines is 2. The number of aryl methyl sites for hydroxylation is 1. The molecule has 27 heavy (non-hydrogen) atoms. The van der Waals surface area contributed by atoms with Gasteiger partial charge in [-0.05, 0) is 43.7 Å². The van der Waals surface area contributed by atoms with Gasteiger partial charge in [-0.1, -0.05) is 35.9 Å². The standard InChI is InChI=1S/C23H29N3O/c1-18-7-9-21(10-8-18)25-15-13-24(14-16-25)12-11-20-17-26(19(2)27)23-6-4-3-5-22(20)23/h3-10,20H,11-17H2,1-2H3. The third-order valence-electron chi connectivity index (χ3n) is 6.02. The summed E-state index contributed by atoms with van der Waals surface area (Å²) in [5.41, 5.74) is 5.10. The second-order valence-corrected chi connectivity index (χ2v) is 7.84. The van der Waals surface area contributed by atoms with Gasteiger partial charge in [-0.25, -0.2) is 0 Å². The molecular formula is C23H29N3O. The zero-order valence-corrected chi connectivity index (χ0v) is 16.4. The Morgan fingerprint density at radius 1 is 1.00 bits per heavy atom. The first-order valence-electron chi connectivity index (χ1n) is 10.0. The van der Waals surface area contributed by atoms with Crippen molar-refractivity contribution in [1.29, 1.82) is 0 Å². The monoisotopic (exact) mass is 363 g/mol. The number of amides is 1. The van der Waals surface area contributed by atoms with Crippen LogP contribution in [0, 0.1) is 6.92 Å². The van der Waals surface area contributed by atoms with Gasteiger partial charge in [-0.2, -0.15) is 0 Å². The number of fused-ring (bicyclic) bond motifs is 1. The lowest BCUT2D eigenvalue weighted by Crippen LogP contribution is -2.46. The van der Waals surface area contributed by atoms with Crippen LogP contribution in [-0.4, -0.2) is 50.1 Å². The molecular weight excluding hydrogens is 334 g/mol. The van der Waals surface area contributed by atoms with E-state index in [0.717, 1.165) is 51.4 Å². The van der Waals surface area contributed by atoms with Crippen LogP contribution in [0.5, 0.6) is 0 Å². The van der Waals surface area contributed by atoms with Crippen molar-refractivity contribution in [3.05, 3.63) is 59.7 Å². The number of hydrogen-bond donors (Lipinski definition) is 0. The average molecular weight is 364 g/mol. The molecule has 0 spiro atoms. The third kappa shape index (κ3) is 3.86. The summed E-state index contributed by atoms with van der Waals surface area (Å²) in [5.74, 6) is 0.608. The van der Waals surface area contributed by atoms with Gasteiger partial charge in [0.05, 0.1) is 0 Å². The van der Waals surface area contributed by atoms with Gasteiger partial charge in [0, 0.05) is 56.9 Å². The topological polar surface area (TPSA) is 26.8 Å². The van der Waals surface area contributed by atoms with E-state index in [9.17, 15) is 4.79 Å². The predicted molar refractivity (Wildman–Crippen MR) is 112 cm³/mol. The summed E-state index contributed by atoms with van der Waals surface area (Å²) in [5, 5.41) is 0. The predicted octanol–water partition coefficient (Wildman–Crippen LogP) is 3.66. The number of carbonyl (C=O) groups excluding carboxylic acids is 1. The summed E-state index contributed by atoms with van der Waals surface area (Å²) in [7, 11) is 0. The molecule has 1 fully saturated rings. The molecule has 2 aliphatic rings. The van der Waals surface area contributed by atoms with Crippen molar-refractivity contribution in [1.82, 2.24) is 4.90 Å². The van der Waals surface area contributed by atoms with Gasteiger partial charge in [-0.3, -0.25) is 9.69 Å². The molecule has 0 N–H and O–H groups in total. The Labute approximate surface area is 162 Å². The van der Waals surface area contributed by atoms with Crippen molar-refractivity contribution in [3.63, 3.8) is 0 Å². The molecule has 2 aromatic rings. The van der Waals surface area contributed by atoms with Crippen molar-refractivity contribution < 1.29 is 4.79 Å². The van der Waals surface area contributed by atoms with Crippen LogP contribution >= 0.6 is 0 Å². The highest BCUT2D eigenvalue weighted by molar-refractivity contribution is 5.94. The van der Waals surface area contributed by atoms with E-state index in [1.165, 1.54) is 16.8 Å². The second kappa shape index (κ2) is 7.73. The first-order chi connectivity index (χ1) is 13.1. The number of nitrogens with zero attached hydrogens (tertiary/aromatic N) is 3. The third-order valence-corrected chi connectivity index (χ3v) is 6.02. The van der Waals surface area contributed by atoms with Crippen molar-refractivity contribution in [3.8, 4) is 0 Å². The van der Waals surface area contributed by atoms with Gasteiger partial charge >= 0.3 is 0 Å². The lowest BCUT2D eigenvalue weighted by atomic mass is 9.97. The van der Waals surface area contributed by atoms with E-state index in [-0.39, 0.29) is 5.91 Å². The molecule has 4 heteroatoms. The van der Waals surface area contributed by atoms with Crippen LogP contribution in [0.3, 0.4) is 0 Å². The minimum Gasteiger partial charge on any atom is -0.369 e. The van der Waals surface area contributed by atoms with Crippen LogP contribution in [0.15, 0.2) is 48.5 Å². The number of piperazine rings is 1. The van der Waals surface area contributed by atoms with E-state index in [4.69, 9.17) is 0 Å². The molecule has 1 saturated heterocycles. The van der Waals surface area contributed by atoms with Gasteiger partial charge in [0.25, 0.3) is 0 Å². The summed E-state index contributed by atoms with van der Waals surface area (Å²) in [6.07, 6.45) is 1.12. The fourth-order valence-corrected chi connectivity index (χ4v) is 4.36. The summed E-state index contributed by atoms with van der Waals surface area (Å²) in [6, 6.07) is 17.3. The first kappa shape index (κ1) is 18.1. The van der Waals surface area contributed by atoms with E-state index < -0.39 is 0 Å². The van der Waals surface area contributed by atoms with Gasteiger partial charge < -0.3 is 9.80 Å². The fourth-order valence-electron chi connectivity index (χ4n) is 4.36. The maximum absolute atomic E-state index is 12.0. The van der Waals surface area contributed by atoms with Crippen LogP contribution in [0.25, 0.3) is 0 Å². The van der Waals surface area contributed by atoms with Crippen LogP contribution in [0.2, 0.25) is 0 Å². The van der Waals surface area contributed by atoms with Crippen LogP contribution in [-0.2, 0) is 4.79 Å². The summed E-state index contributed by atoms with van der Waals surface area (Å²) in [6.45, 7) is 10.1. The number of para-hydroxylation sites is 1. The lowest BCUT2D eigenvalue weighted by Gasteiger charge is -2.36. The summed E-state index contributed by atoms with van der Waals surface area (Å²) >= 11 is 0. The Kier molecular flexibility index (Phi) is 5.17. The smallest absolute Gasteiger partial charge is 0.223 e. The second-order valence-electron chi connectivity index (χ2n) is 7.84. The Balaban J connectivity index is 1.32. The number of rotatable bonds is 4. The van der Waals surface area contributed by atoms with E-state index in [2.05, 4.69) is 59.2 Å². The highest BCUT2D eigenvalue weighted by atomic mass is 16.2. The van der Waals surface area contributed by atoms with Crippen molar-refractivity contribution in [2.45, 2.75) is 26.2 Å². The van der Waals surface area contributed by atoms with Crippen LogP contribution in [0.4, 0.5) is 11.4 Å². The van der Waals surface area contributed by atoms with Gasteiger partial charge in [0.2, 0.25) is 5.91 Å². The van der Waals surface area contributed by atoms with Crippen molar-refractivity contribution >= 4 is 17.3 Å². The maximum Gasteiger partial charge on any atom is 0.223 e. The lowest BCUT2D eigenvalue weighted by molar-refractivity contribution is -0.116. The van der Waals surface area contributed by atoms with Crippen LogP contribution in [0.1, 0.15) is 30.4 Å². The van der Waals surface area contributed by atoms with Crippen LogP contribution < -0.4 is 9.80 Å². The van der Waals surface area contributed by atoms with Gasteiger partial charge in [0.15, 0.2) is 0 Å². The highest BCUT2D eigenvalue weighted by Crippen LogP contribution is 2.38. The molecule has 4 nitrogen and oxygen atoms in total. The molecule has 142 valence electrons. The fraction of sp³-hybridized carbons (Fsp3) is 0.435. The minimum absolute atomic E-state index is 0.150. The first-order valence-corrected chi connectivity index (χ1v) is 10.0. The van der Waals surface area contributed by atoms with E-state index in [1.54, 1.807) is 6.92 Å².